The number of sulfonamides is 1. The summed E-state index contributed by atoms with van der Waals surface area (Å²) in [7, 11) is -3.27. The fourth-order valence-corrected chi connectivity index (χ4v) is 6.09. The van der Waals surface area contributed by atoms with E-state index in [9.17, 15) is 8.42 Å². The maximum atomic E-state index is 12.6. The Hall–Kier alpha value is -0.140. The molecule has 7 heteroatoms. The third kappa shape index (κ3) is 2.56. The average molecular weight is 323 g/mol. The Morgan fingerprint density at radius 1 is 1.26 bits per heavy atom. The fraction of sp³-hybridized carbons (Fsp3) is 0.667. The molecule has 0 unspecified atom stereocenters. The van der Waals surface area contributed by atoms with Crippen molar-refractivity contribution < 1.29 is 8.42 Å². The Labute approximate surface area is 124 Å². The summed E-state index contributed by atoms with van der Waals surface area (Å²) in [6, 6.07) is 1.81. The van der Waals surface area contributed by atoms with Gasteiger partial charge in [-0.3, -0.25) is 0 Å². The van der Waals surface area contributed by atoms with Gasteiger partial charge in [0.25, 0.3) is 0 Å². The molecule has 108 valence electrons. The van der Waals surface area contributed by atoms with Gasteiger partial charge in [0.1, 0.15) is 0 Å². The Bertz CT molecular complexity index is 558. The van der Waals surface area contributed by atoms with Gasteiger partial charge in [0.15, 0.2) is 0 Å². The van der Waals surface area contributed by atoms with Crippen LogP contribution in [0.3, 0.4) is 0 Å². The van der Waals surface area contributed by atoms with Gasteiger partial charge in [-0.15, -0.1) is 23.7 Å². The molecule has 0 bridgehead atoms. The van der Waals surface area contributed by atoms with Crippen molar-refractivity contribution in [3.63, 3.8) is 0 Å². The molecule has 4 nitrogen and oxygen atoms in total. The Balaban J connectivity index is 0.00000133. The second kappa shape index (κ2) is 5.33. The molecule has 1 N–H and O–H groups in total. The van der Waals surface area contributed by atoms with Crippen LogP contribution in [0, 0.1) is 25.7 Å². The van der Waals surface area contributed by atoms with Crippen molar-refractivity contribution >= 4 is 33.8 Å². The predicted octanol–water partition coefficient (Wildman–Crippen LogP) is 1.63. The molecule has 1 aromatic rings. The minimum Gasteiger partial charge on any atom is -0.316 e. The molecule has 3 rings (SSSR count). The van der Waals surface area contributed by atoms with Crippen LogP contribution in [0.5, 0.6) is 0 Å². The molecule has 2 atom stereocenters. The first-order valence-electron chi connectivity index (χ1n) is 6.26. The summed E-state index contributed by atoms with van der Waals surface area (Å²) < 4.78 is 26.9. The molecule has 3 heterocycles. The van der Waals surface area contributed by atoms with Crippen LogP contribution in [0.4, 0.5) is 0 Å². The maximum absolute atomic E-state index is 12.6. The molecule has 2 aliphatic rings. The first kappa shape index (κ1) is 15.3. The maximum Gasteiger partial charge on any atom is 0.244 e. The highest BCUT2D eigenvalue weighted by Gasteiger charge is 2.42. The van der Waals surface area contributed by atoms with Gasteiger partial charge in [-0.2, -0.15) is 4.31 Å². The zero-order valence-corrected chi connectivity index (χ0v) is 13.5. The van der Waals surface area contributed by atoms with Gasteiger partial charge >= 0.3 is 0 Å². The second-order valence-corrected chi connectivity index (χ2v) is 8.64. The first-order chi connectivity index (χ1) is 8.48. The molecule has 19 heavy (non-hydrogen) atoms. The summed E-state index contributed by atoms with van der Waals surface area (Å²) in [5, 5.41) is 3.33. The topological polar surface area (TPSA) is 49.4 Å². The summed E-state index contributed by atoms with van der Waals surface area (Å²) in [6.45, 7) is 7.11. The molecule has 0 radical (unpaired) electrons. The molecule has 2 saturated heterocycles. The standard InChI is InChI=1S/C12H18N2O2S2.ClH/c1-8-3-12(9(2)17-8)18(15,16)14-6-10-4-13-5-11(10)7-14;/h3,10-11,13H,4-7H2,1-2H3;1H/t10-,11+;. The number of rotatable bonds is 2. The summed E-state index contributed by atoms with van der Waals surface area (Å²) in [5.41, 5.74) is 0. The van der Waals surface area contributed by atoms with E-state index in [1.54, 1.807) is 15.6 Å². The van der Waals surface area contributed by atoms with Crippen molar-refractivity contribution in [3.8, 4) is 0 Å². The van der Waals surface area contributed by atoms with Crippen LogP contribution in [0.2, 0.25) is 0 Å². The van der Waals surface area contributed by atoms with Gasteiger partial charge in [-0.05, 0) is 44.8 Å². The van der Waals surface area contributed by atoms with Crippen molar-refractivity contribution in [2.24, 2.45) is 11.8 Å². The molecular weight excluding hydrogens is 304 g/mol. The number of thiophene rings is 1. The molecule has 2 aliphatic heterocycles. The minimum absolute atomic E-state index is 0. The largest absolute Gasteiger partial charge is 0.316 e. The minimum atomic E-state index is -3.27. The smallest absolute Gasteiger partial charge is 0.244 e. The molecular formula is C12H19ClN2O2S2. The number of aryl methyl sites for hydroxylation is 2. The van der Waals surface area contributed by atoms with Crippen molar-refractivity contribution in [1.29, 1.82) is 0 Å². The van der Waals surface area contributed by atoms with E-state index in [1.165, 1.54) is 0 Å². The van der Waals surface area contributed by atoms with E-state index in [0.29, 0.717) is 29.8 Å². The highest BCUT2D eigenvalue weighted by Crippen LogP contribution is 2.33. The number of nitrogens with zero attached hydrogens (tertiary/aromatic N) is 1. The zero-order chi connectivity index (χ0) is 12.9. The number of hydrogen-bond donors (Lipinski definition) is 1. The summed E-state index contributed by atoms with van der Waals surface area (Å²) in [5.74, 6) is 1.000. The zero-order valence-electron chi connectivity index (χ0n) is 11.0. The van der Waals surface area contributed by atoms with Gasteiger partial charge in [0.05, 0.1) is 4.90 Å². The van der Waals surface area contributed by atoms with E-state index in [1.807, 2.05) is 19.9 Å². The second-order valence-electron chi connectivity index (χ2n) is 5.28. The number of nitrogens with one attached hydrogen (secondary N) is 1. The molecule has 0 saturated carbocycles. The molecule has 0 aliphatic carbocycles. The molecule has 0 spiro atoms. The van der Waals surface area contributed by atoms with Gasteiger partial charge in [-0.1, -0.05) is 0 Å². The number of halogens is 1. The lowest BCUT2D eigenvalue weighted by Crippen LogP contribution is -2.32. The van der Waals surface area contributed by atoms with Crippen molar-refractivity contribution in [3.05, 3.63) is 15.8 Å². The van der Waals surface area contributed by atoms with E-state index >= 15 is 0 Å². The van der Waals surface area contributed by atoms with Crippen LogP contribution >= 0.6 is 23.7 Å². The Morgan fingerprint density at radius 2 is 1.84 bits per heavy atom. The van der Waals surface area contributed by atoms with Gasteiger partial charge in [0.2, 0.25) is 10.0 Å². The predicted molar refractivity (Wildman–Crippen MR) is 79.6 cm³/mol. The highest BCUT2D eigenvalue weighted by atomic mass is 35.5. The normalized spacial score (nSPS) is 27.3. The average Bonchev–Trinajstić information content (AvgIpc) is 2.90. The third-order valence-corrected chi connectivity index (χ3v) is 7.02. The van der Waals surface area contributed by atoms with Gasteiger partial charge in [-0.25, -0.2) is 8.42 Å². The van der Waals surface area contributed by atoms with E-state index in [-0.39, 0.29) is 12.4 Å². The lowest BCUT2D eigenvalue weighted by atomic mass is 10.0. The van der Waals surface area contributed by atoms with E-state index in [0.717, 1.165) is 22.8 Å². The third-order valence-electron chi connectivity index (χ3n) is 3.97. The summed E-state index contributed by atoms with van der Waals surface area (Å²) in [4.78, 5) is 2.48. The Morgan fingerprint density at radius 3 is 2.32 bits per heavy atom. The van der Waals surface area contributed by atoms with Gasteiger partial charge in [0, 0.05) is 22.8 Å². The number of hydrogen-bond acceptors (Lipinski definition) is 4. The Kier molecular flexibility index (Phi) is 4.28. The first-order valence-corrected chi connectivity index (χ1v) is 8.52. The van der Waals surface area contributed by atoms with Crippen LogP contribution in [-0.4, -0.2) is 38.9 Å². The SMILES string of the molecule is Cc1cc(S(=O)(=O)N2C[C@H]3CNC[C@H]3C2)c(C)s1.Cl. The quantitative estimate of drug-likeness (QED) is 0.900. The van der Waals surface area contributed by atoms with Crippen molar-refractivity contribution in [2.75, 3.05) is 26.2 Å². The van der Waals surface area contributed by atoms with E-state index in [2.05, 4.69) is 5.32 Å². The van der Waals surface area contributed by atoms with Crippen LogP contribution in [-0.2, 0) is 10.0 Å². The number of fused-ring (bicyclic) bond motifs is 1. The fourth-order valence-electron chi connectivity index (χ4n) is 3.01. The highest BCUT2D eigenvalue weighted by molar-refractivity contribution is 7.89. The lowest BCUT2D eigenvalue weighted by molar-refractivity contribution is 0.448. The van der Waals surface area contributed by atoms with Crippen molar-refractivity contribution in [2.45, 2.75) is 18.7 Å². The van der Waals surface area contributed by atoms with E-state index < -0.39 is 10.0 Å². The van der Waals surface area contributed by atoms with Crippen LogP contribution in [0.1, 0.15) is 9.75 Å². The van der Waals surface area contributed by atoms with Crippen LogP contribution in [0.25, 0.3) is 0 Å². The van der Waals surface area contributed by atoms with E-state index in [4.69, 9.17) is 0 Å². The van der Waals surface area contributed by atoms with Gasteiger partial charge < -0.3 is 5.32 Å². The molecule has 0 aromatic carbocycles. The monoisotopic (exact) mass is 322 g/mol. The van der Waals surface area contributed by atoms with Crippen LogP contribution in [0.15, 0.2) is 11.0 Å². The van der Waals surface area contributed by atoms with Crippen molar-refractivity contribution in [1.82, 2.24) is 9.62 Å². The lowest BCUT2D eigenvalue weighted by Gasteiger charge is -2.17. The summed E-state index contributed by atoms with van der Waals surface area (Å²) >= 11 is 1.56. The molecule has 1 aromatic heterocycles. The molecule has 0 amide bonds. The summed E-state index contributed by atoms with van der Waals surface area (Å²) in [6.07, 6.45) is 0. The molecule has 2 fully saturated rings. The van der Waals surface area contributed by atoms with Crippen LogP contribution < -0.4 is 5.32 Å².